The normalized spacial score (nSPS) is 12.1. The first-order chi connectivity index (χ1) is 11.3. The van der Waals surface area contributed by atoms with Crippen molar-refractivity contribution >= 4 is 51.6 Å². The molecule has 0 aliphatic heterocycles. The first-order valence-corrected chi connectivity index (χ1v) is 9.23. The van der Waals surface area contributed by atoms with Crippen molar-refractivity contribution in [1.82, 2.24) is 0 Å². The summed E-state index contributed by atoms with van der Waals surface area (Å²) in [7, 11) is -4.87. The molecule has 0 heterocycles. The Morgan fingerprint density at radius 1 is 1.16 bits per heavy atom. The van der Waals surface area contributed by atoms with E-state index in [2.05, 4.69) is 6.92 Å². The van der Waals surface area contributed by atoms with Crippen molar-refractivity contribution in [3.05, 3.63) is 29.8 Å². The second-order valence-corrected chi connectivity index (χ2v) is 7.04. The van der Waals surface area contributed by atoms with Crippen molar-refractivity contribution < 1.29 is 32.4 Å². The standard InChI is InChI=1S/C16H22O7S.Na.H/c1-2-3-4-5-8-12-9-6-7-10-13(12)23-16(19)14(11-15(17)18)24(20,21)22;;/h6-7,9-10,14H,2-5,8,11H2,1H3,(H,17,18)(H,20,21,22);;. The molecule has 0 bridgehead atoms. The van der Waals surface area contributed by atoms with E-state index in [4.69, 9.17) is 14.4 Å². The van der Waals surface area contributed by atoms with Gasteiger partial charge in [-0.15, -0.1) is 0 Å². The van der Waals surface area contributed by atoms with Gasteiger partial charge < -0.3 is 9.84 Å². The van der Waals surface area contributed by atoms with Crippen LogP contribution < -0.4 is 4.74 Å². The van der Waals surface area contributed by atoms with E-state index in [1.165, 1.54) is 6.07 Å². The minimum atomic E-state index is -4.87. The third-order valence-electron chi connectivity index (χ3n) is 3.47. The van der Waals surface area contributed by atoms with Crippen molar-refractivity contribution in [3.8, 4) is 5.75 Å². The number of hydrogen-bond acceptors (Lipinski definition) is 5. The van der Waals surface area contributed by atoms with Crippen LogP contribution in [0.3, 0.4) is 0 Å². The van der Waals surface area contributed by atoms with Crippen LogP contribution in [-0.4, -0.2) is 64.8 Å². The Labute approximate surface area is 169 Å². The molecule has 0 saturated heterocycles. The molecule has 136 valence electrons. The van der Waals surface area contributed by atoms with Crippen LogP contribution in [0.25, 0.3) is 0 Å². The number of carboxylic acids is 1. The molecule has 0 saturated carbocycles. The molecule has 0 spiro atoms. The van der Waals surface area contributed by atoms with Gasteiger partial charge in [-0.05, 0) is 24.5 Å². The van der Waals surface area contributed by atoms with Crippen molar-refractivity contribution in [1.29, 1.82) is 0 Å². The number of carbonyl (C=O) groups is 2. The number of unbranched alkanes of at least 4 members (excludes halogenated alkanes) is 3. The van der Waals surface area contributed by atoms with Gasteiger partial charge in [0.2, 0.25) is 0 Å². The number of aryl methyl sites for hydroxylation is 1. The average molecular weight is 382 g/mol. The summed E-state index contributed by atoms with van der Waals surface area (Å²) < 4.78 is 36.5. The van der Waals surface area contributed by atoms with Gasteiger partial charge in [0.1, 0.15) is 5.75 Å². The third kappa shape index (κ3) is 8.82. The molecule has 0 radical (unpaired) electrons. The number of para-hydroxylation sites is 1. The predicted molar refractivity (Wildman–Crippen MR) is 94.7 cm³/mol. The van der Waals surface area contributed by atoms with Crippen molar-refractivity contribution in [2.75, 3.05) is 0 Å². The minimum absolute atomic E-state index is 0. The summed E-state index contributed by atoms with van der Waals surface area (Å²) in [5.74, 6) is -2.65. The molecule has 25 heavy (non-hydrogen) atoms. The molecule has 0 aliphatic rings. The van der Waals surface area contributed by atoms with Crippen LogP contribution in [0.2, 0.25) is 0 Å². The molecule has 0 fully saturated rings. The first-order valence-electron chi connectivity index (χ1n) is 7.73. The quantitative estimate of drug-likeness (QED) is 0.208. The molecule has 1 atom stereocenters. The number of rotatable bonds is 10. The summed E-state index contributed by atoms with van der Waals surface area (Å²) >= 11 is 0. The van der Waals surface area contributed by atoms with Crippen LogP contribution in [-0.2, 0) is 26.1 Å². The zero-order chi connectivity index (χ0) is 18.2. The van der Waals surface area contributed by atoms with E-state index in [0.29, 0.717) is 6.42 Å². The van der Waals surface area contributed by atoms with Gasteiger partial charge in [0.25, 0.3) is 10.1 Å². The molecule has 0 amide bonds. The zero-order valence-electron chi connectivity index (χ0n) is 13.5. The molecule has 1 aromatic rings. The Hall–Kier alpha value is -0.930. The number of ether oxygens (including phenoxy) is 1. The van der Waals surface area contributed by atoms with Crippen LogP contribution in [0.15, 0.2) is 24.3 Å². The van der Waals surface area contributed by atoms with Gasteiger partial charge in [0, 0.05) is 0 Å². The average Bonchev–Trinajstić information content (AvgIpc) is 2.49. The maximum absolute atomic E-state index is 12.0. The Morgan fingerprint density at radius 2 is 1.80 bits per heavy atom. The van der Waals surface area contributed by atoms with E-state index in [-0.39, 0.29) is 35.3 Å². The second kappa shape index (κ2) is 11.6. The molecule has 9 heteroatoms. The molecular weight excluding hydrogens is 359 g/mol. The zero-order valence-corrected chi connectivity index (χ0v) is 14.3. The van der Waals surface area contributed by atoms with E-state index < -0.39 is 33.7 Å². The van der Waals surface area contributed by atoms with Gasteiger partial charge >= 0.3 is 41.5 Å². The van der Waals surface area contributed by atoms with Gasteiger partial charge in [-0.3, -0.25) is 14.1 Å². The number of aliphatic carboxylic acids is 1. The van der Waals surface area contributed by atoms with Crippen LogP contribution in [0.5, 0.6) is 5.75 Å². The van der Waals surface area contributed by atoms with Gasteiger partial charge in [-0.1, -0.05) is 44.4 Å². The number of benzene rings is 1. The number of carboxylic acid groups (broad SMARTS) is 1. The van der Waals surface area contributed by atoms with E-state index >= 15 is 0 Å². The first kappa shape index (κ1) is 24.1. The summed E-state index contributed by atoms with van der Waals surface area (Å²) in [5.41, 5.74) is 0.728. The number of carbonyl (C=O) groups excluding carboxylic acids is 1. The van der Waals surface area contributed by atoms with E-state index in [0.717, 1.165) is 31.2 Å². The summed E-state index contributed by atoms with van der Waals surface area (Å²) in [6.45, 7) is 2.09. The van der Waals surface area contributed by atoms with Crippen LogP contribution >= 0.6 is 0 Å². The number of esters is 1. The second-order valence-electron chi connectivity index (χ2n) is 5.44. The molecule has 0 aromatic heterocycles. The fraction of sp³-hybridized carbons (Fsp3) is 0.500. The van der Waals surface area contributed by atoms with Gasteiger partial charge in [0.05, 0.1) is 6.42 Å². The van der Waals surface area contributed by atoms with E-state index in [1.54, 1.807) is 18.2 Å². The van der Waals surface area contributed by atoms with Crippen LogP contribution in [0, 0.1) is 0 Å². The maximum atomic E-state index is 12.0. The fourth-order valence-electron chi connectivity index (χ4n) is 2.20. The van der Waals surface area contributed by atoms with Gasteiger partial charge in [-0.25, -0.2) is 0 Å². The van der Waals surface area contributed by atoms with Crippen molar-refractivity contribution in [3.63, 3.8) is 0 Å². The van der Waals surface area contributed by atoms with Crippen LogP contribution in [0.1, 0.15) is 44.6 Å². The predicted octanol–water partition coefficient (Wildman–Crippen LogP) is 1.80. The molecule has 1 aromatic carbocycles. The van der Waals surface area contributed by atoms with Crippen molar-refractivity contribution in [2.24, 2.45) is 0 Å². The molecule has 2 N–H and O–H groups in total. The Kier molecular flexibility index (Phi) is 11.2. The molecular formula is C16H23NaO7S. The fourth-order valence-corrected chi connectivity index (χ4v) is 2.84. The summed E-state index contributed by atoms with van der Waals surface area (Å²) in [5, 5.41) is 6.55. The molecule has 0 aliphatic carbocycles. The van der Waals surface area contributed by atoms with Gasteiger partial charge in [0.15, 0.2) is 5.25 Å². The molecule has 7 nitrogen and oxygen atoms in total. The summed E-state index contributed by atoms with van der Waals surface area (Å²) in [6.07, 6.45) is 3.67. The number of hydrogen-bond donors (Lipinski definition) is 2. The van der Waals surface area contributed by atoms with E-state index in [1.807, 2.05) is 0 Å². The monoisotopic (exact) mass is 382 g/mol. The SMILES string of the molecule is CCCCCCc1ccccc1OC(=O)C(CC(=O)O)S(=O)(=O)O.[NaH]. The summed E-state index contributed by atoms with van der Waals surface area (Å²) in [6, 6.07) is 6.66. The third-order valence-corrected chi connectivity index (χ3v) is 4.54. The topological polar surface area (TPSA) is 118 Å². The molecule has 1 unspecified atom stereocenters. The van der Waals surface area contributed by atoms with Crippen molar-refractivity contribution in [2.45, 2.75) is 50.7 Å². The Bertz CT molecular complexity index is 673. The summed E-state index contributed by atoms with van der Waals surface area (Å²) in [4.78, 5) is 22.7. The Balaban J connectivity index is 0.00000576. The van der Waals surface area contributed by atoms with Gasteiger partial charge in [-0.2, -0.15) is 8.42 Å². The van der Waals surface area contributed by atoms with Crippen LogP contribution in [0.4, 0.5) is 0 Å². The Morgan fingerprint density at radius 3 is 2.36 bits per heavy atom. The molecule has 1 rings (SSSR count). The van der Waals surface area contributed by atoms with E-state index in [9.17, 15) is 18.0 Å².